The van der Waals surface area contributed by atoms with Crippen LogP contribution in [0.25, 0.3) is 0 Å². The summed E-state index contributed by atoms with van der Waals surface area (Å²) in [5.74, 6) is 0. The number of rotatable bonds is 1. The third kappa shape index (κ3) is 2.41. The summed E-state index contributed by atoms with van der Waals surface area (Å²) in [6.45, 7) is 0.918. The van der Waals surface area contributed by atoms with Crippen LogP contribution < -0.4 is 5.32 Å². The Balaban J connectivity index is 0.000000810. The summed E-state index contributed by atoms with van der Waals surface area (Å²) in [7, 11) is 1.29. The van der Waals surface area contributed by atoms with Gasteiger partial charge in [-0.2, -0.15) is 0 Å². The van der Waals surface area contributed by atoms with E-state index in [9.17, 15) is 4.79 Å². The molecule has 0 radical (unpaired) electrons. The van der Waals surface area contributed by atoms with Crippen molar-refractivity contribution in [1.82, 2.24) is 5.32 Å². The molecule has 0 aromatic heterocycles. The molecule has 1 aliphatic heterocycles. The Bertz CT molecular complexity index is 115. The van der Waals surface area contributed by atoms with E-state index >= 15 is 0 Å². The number of carbonyl (C=O) groups excluding carboxylic acids is 1. The lowest BCUT2D eigenvalue weighted by molar-refractivity contribution is -0.00448. The topological polar surface area (TPSA) is 47.6 Å². The minimum atomic E-state index is -0.618. The van der Waals surface area contributed by atoms with E-state index in [1.54, 1.807) is 0 Å². The molecule has 1 saturated heterocycles. The predicted molar refractivity (Wildman–Crippen MR) is 37.1 cm³/mol. The molecule has 0 unspecified atom stereocenters. The minimum Gasteiger partial charge on any atom is -0.438 e. The molecular formula is C5H10ClNO3. The van der Waals surface area contributed by atoms with Gasteiger partial charge in [-0.05, 0) is 0 Å². The number of halogens is 1. The van der Waals surface area contributed by atoms with E-state index in [-0.39, 0.29) is 18.6 Å². The van der Waals surface area contributed by atoms with Crippen LogP contribution in [0, 0.1) is 0 Å². The molecule has 0 saturated carbocycles. The van der Waals surface area contributed by atoms with Crippen molar-refractivity contribution in [2.45, 2.75) is 12.6 Å². The van der Waals surface area contributed by atoms with Gasteiger partial charge in [-0.15, -0.1) is 12.4 Å². The quantitative estimate of drug-likeness (QED) is 0.579. The highest BCUT2D eigenvalue weighted by Crippen LogP contribution is 2.03. The smallest absolute Gasteiger partial charge is 0.438 e. The molecule has 1 heterocycles. The third-order valence-electron chi connectivity index (χ3n) is 1.18. The van der Waals surface area contributed by atoms with Crippen LogP contribution in [0.4, 0.5) is 4.79 Å². The van der Waals surface area contributed by atoms with E-state index in [1.165, 1.54) is 7.11 Å². The summed E-state index contributed by atoms with van der Waals surface area (Å²) in [6.07, 6.45) is 0.152. The van der Waals surface area contributed by atoms with Crippen molar-refractivity contribution >= 4 is 18.6 Å². The maximum Gasteiger partial charge on any atom is 0.509 e. The number of hydrogen-bond acceptors (Lipinski definition) is 4. The third-order valence-corrected chi connectivity index (χ3v) is 1.18. The highest BCUT2D eigenvalue weighted by Gasteiger charge is 2.20. The lowest BCUT2D eigenvalue weighted by atomic mass is 10.2. The Hall–Kier alpha value is -0.480. The zero-order valence-corrected chi connectivity index (χ0v) is 6.44. The van der Waals surface area contributed by atoms with Crippen LogP contribution in [-0.2, 0) is 9.47 Å². The second kappa shape index (κ2) is 4.35. The zero-order chi connectivity index (χ0) is 6.69. The normalized spacial score (nSPS) is 21.9. The number of nitrogens with one attached hydrogen (secondary N) is 1. The molecule has 0 aromatic rings. The minimum absolute atomic E-state index is 0. The first kappa shape index (κ1) is 9.52. The Morgan fingerprint density at radius 1 is 1.70 bits per heavy atom. The van der Waals surface area contributed by atoms with Gasteiger partial charge in [0.25, 0.3) is 0 Å². The van der Waals surface area contributed by atoms with Gasteiger partial charge in [0.15, 0.2) is 6.23 Å². The highest BCUT2D eigenvalue weighted by molar-refractivity contribution is 5.85. The van der Waals surface area contributed by atoms with Crippen LogP contribution >= 0.6 is 12.4 Å². The van der Waals surface area contributed by atoms with Crippen molar-refractivity contribution in [3.05, 3.63) is 0 Å². The monoisotopic (exact) mass is 167 g/mol. The molecule has 0 aromatic carbocycles. The number of methoxy groups -OCH3 is 1. The summed E-state index contributed by atoms with van der Waals surface area (Å²) < 4.78 is 8.92. The molecular weight excluding hydrogens is 158 g/mol. The summed E-state index contributed by atoms with van der Waals surface area (Å²) in [4.78, 5) is 10.3. The van der Waals surface area contributed by atoms with Gasteiger partial charge in [-0.25, -0.2) is 4.79 Å². The van der Waals surface area contributed by atoms with Crippen LogP contribution in [0.1, 0.15) is 6.42 Å². The first-order valence-electron chi connectivity index (χ1n) is 2.81. The zero-order valence-electron chi connectivity index (χ0n) is 5.62. The second-order valence-corrected chi connectivity index (χ2v) is 1.80. The van der Waals surface area contributed by atoms with Crippen molar-refractivity contribution in [3.8, 4) is 0 Å². The van der Waals surface area contributed by atoms with Crippen molar-refractivity contribution in [1.29, 1.82) is 0 Å². The molecule has 1 rings (SSSR count). The van der Waals surface area contributed by atoms with Crippen LogP contribution in [-0.4, -0.2) is 26.0 Å². The second-order valence-electron chi connectivity index (χ2n) is 1.80. The molecule has 10 heavy (non-hydrogen) atoms. The highest BCUT2D eigenvalue weighted by atomic mass is 35.5. The Morgan fingerprint density at radius 2 is 2.30 bits per heavy atom. The van der Waals surface area contributed by atoms with Crippen LogP contribution in [0.15, 0.2) is 0 Å². The SMILES string of the molecule is COC(=O)O[C@H]1CCN1.Cl. The molecule has 4 nitrogen and oxygen atoms in total. The molecule has 60 valence electrons. The van der Waals surface area contributed by atoms with Crippen LogP contribution in [0.3, 0.4) is 0 Å². The van der Waals surface area contributed by atoms with Gasteiger partial charge in [-0.3, -0.25) is 5.32 Å². The van der Waals surface area contributed by atoms with E-state index in [2.05, 4.69) is 14.8 Å². The average molecular weight is 168 g/mol. The molecule has 1 aliphatic rings. The Labute approximate surface area is 65.3 Å². The lowest BCUT2D eigenvalue weighted by Crippen LogP contribution is -2.45. The van der Waals surface area contributed by atoms with Gasteiger partial charge in [0, 0.05) is 13.0 Å². The molecule has 1 N–H and O–H groups in total. The van der Waals surface area contributed by atoms with E-state index in [1.807, 2.05) is 0 Å². The van der Waals surface area contributed by atoms with Gasteiger partial charge in [-0.1, -0.05) is 0 Å². The van der Waals surface area contributed by atoms with Crippen molar-refractivity contribution in [2.75, 3.05) is 13.7 Å². The molecule has 0 spiro atoms. The van der Waals surface area contributed by atoms with Gasteiger partial charge >= 0.3 is 6.16 Å². The maximum atomic E-state index is 10.3. The predicted octanol–water partition coefficient (Wildman–Crippen LogP) is 0.511. The fourth-order valence-corrected chi connectivity index (χ4v) is 0.527. The van der Waals surface area contributed by atoms with Crippen molar-refractivity contribution < 1.29 is 14.3 Å². The first-order valence-corrected chi connectivity index (χ1v) is 2.81. The fourth-order valence-electron chi connectivity index (χ4n) is 0.527. The molecule has 1 fully saturated rings. The van der Waals surface area contributed by atoms with E-state index in [4.69, 9.17) is 0 Å². The largest absolute Gasteiger partial charge is 0.509 e. The molecule has 0 bridgehead atoms. The van der Waals surface area contributed by atoms with Crippen molar-refractivity contribution in [3.63, 3.8) is 0 Å². The summed E-state index contributed by atoms with van der Waals surface area (Å²) in [6, 6.07) is 0. The van der Waals surface area contributed by atoms with Gasteiger partial charge < -0.3 is 9.47 Å². The molecule has 0 amide bonds. The summed E-state index contributed by atoms with van der Waals surface area (Å²) in [5.41, 5.74) is 0. The van der Waals surface area contributed by atoms with Gasteiger partial charge in [0.05, 0.1) is 7.11 Å². The lowest BCUT2D eigenvalue weighted by Gasteiger charge is -2.25. The van der Waals surface area contributed by atoms with Crippen LogP contribution in [0.5, 0.6) is 0 Å². The van der Waals surface area contributed by atoms with E-state index < -0.39 is 6.16 Å². The maximum absolute atomic E-state index is 10.3. The standard InChI is InChI=1S/C5H9NO3.ClH/c1-8-5(7)9-4-2-3-6-4;/h4,6H,2-3H2,1H3;1H/t4-;/m0./s1. The van der Waals surface area contributed by atoms with Gasteiger partial charge in [0.1, 0.15) is 0 Å². The number of carbonyl (C=O) groups is 1. The van der Waals surface area contributed by atoms with Gasteiger partial charge in [0.2, 0.25) is 0 Å². The van der Waals surface area contributed by atoms with E-state index in [0.29, 0.717) is 0 Å². The summed E-state index contributed by atoms with van der Waals surface area (Å²) >= 11 is 0. The number of hydrogen-bond donors (Lipinski definition) is 1. The molecule has 1 atom stereocenters. The Morgan fingerprint density at radius 3 is 2.60 bits per heavy atom. The number of ether oxygens (including phenoxy) is 2. The molecule has 0 aliphatic carbocycles. The Kier molecular flexibility index (Phi) is 4.14. The fraction of sp³-hybridized carbons (Fsp3) is 0.800. The van der Waals surface area contributed by atoms with E-state index in [0.717, 1.165) is 13.0 Å². The summed E-state index contributed by atoms with van der Waals surface area (Å²) in [5, 5.41) is 2.89. The average Bonchev–Trinajstić information content (AvgIpc) is 1.78. The first-order chi connectivity index (χ1) is 4.33. The molecule has 5 heteroatoms. The van der Waals surface area contributed by atoms with Crippen LogP contribution in [0.2, 0.25) is 0 Å². The van der Waals surface area contributed by atoms with Crippen molar-refractivity contribution in [2.24, 2.45) is 0 Å².